The van der Waals surface area contributed by atoms with Crippen molar-refractivity contribution in [1.82, 2.24) is 0 Å². The fourth-order valence-corrected chi connectivity index (χ4v) is 4.31. The second kappa shape index (κ2) is 10.8. The van der Waals surface area contributed by atoms with Crippen LogP contribution in [0.4, 0.5) is 22.7 Å². The van der Waals surface area contributed by atoms with Gasteiger partial charge in [0.05, 0.1) is 22.7 Å². The normalized spacial score (nSPS) is 12.5. The van der Waals surface area contributed by atoms with Crippen LogP contribution >= 0.6 is 0 Å². The Morgan fingerprint density at radius 2 is 0.684 bits per heavy atom. The maximum absolute atomic E-state index is 4.47. The Morgan fingerprint density at radius 3 is 0.974 bits per heavy atom. The van der Waals surface area contributed by atoms with Gasteiger partial charge in [-0.3, -0.25) is 0 Å². The average Bonchev–Trinajstić information content (AvgIpc) is 2.86. The van der Waals surface area contributed by atoms with Crippen LogP contribution in [0, 0.1) is 13.8 Å². The number of azo groups is 2. The standard InChI is InChI=1S/C34H38N4/c1-23-21-29(37-35-27-13-9-25(10-14-27)33(3,4)5)17-19-31(23)32-20-18-30(22-24(32)2)38-36-28-15-11-26(12-16-28)34(6,7)8/h9-22H,1-8H3. The Balaban J connectivity index is 1.47. The van der Waals surface area contributed by atoms with E-state index >= 15 is 0 Å². The third-order valence-electron chi connectivity index (χ3n) is 6.74. The molecule has 4 heteroatoms. The molecule has 0 heterocycles. The van der Waals surface area contributed by atoms with Crippen molar-refractivity contribution in [2.24, 2.45) is 20.5 Å². The van der Waals surface area contributed by atoms with Crippen molar-refractivity contribution in [3.8, 4) is 11.1 Å². The Kier molecular flexibility index (Phi) is 7.73. The Morgan fingerprint density at radius 1 is 0.395 bits per heavy atom. The van der Waals surface area contributed by atoms with Gasteiger partial charge in [0.1, 0.15) is 0 Å². The van der Waals surface area contributed by atoms with Crippen molar-refractivity contribution in [3.05, 3.63) is 107 Å². The molecule has 4 rings (SSSR count). The van der Waals surface area contributed by atoms with E-state index in [1.165, 1.54) is 22.3 Å². The Labute approximate surface area is 227 Å². The maximum Gasteiger partial charge on any atom is 0.0860 e. The fourth-order valence-electron chi connectivity index (χ4n) is 4.31. The van der Waals surface area contributed by atoms with E-state index in [1.807, 2.05) is 36.4 Å². The van der Waals surface area contributed by atoms with E-state index in [9.17, 15) is 0 Å². The molecular formula is C34H38N4. The summed E-state index contributed by atoms with van der Waals surface area (Å²) < 4.78 is 0. The van der Waals surface area contributed by atoms with Crippen LogP contribution in [0.2, 0.25) is 0 Å². The highest BCUT2D eigenvalue weighted by molar-refractivity contribution is 5.73. The first-order valence-corrected chi connectivity index (χ1v) is 13.2. The molecule has 0 amide bonds. The van der Waals surface area contributed by atoms with Gasteiger partial charge in [-0.1, -0.05) is 77.9 Å². The van der Waals surface area contributed by atoms with Crippen molar-refractivity contribution in [1.29, 1.82) is 0 Å². The molecule has 0 aromatic heterocycles. The van der Waals surface area contributed by atoms with E-state index in [0.29, 0.717) is 0 Å². The predicted octanol–water partition coefficient (Wildman–Crippen LogP) is 11.4. The third kappa shape index (κ3) is 6.69. The molecular weight excluding hydrogens is 464 g/mol. The molecule has 0 unspecified atom stereocenters. The summed E-state index contributed by atoms with van der Waals surface area (Å²) in [4.78, 5) is 0. The van der Waals surface area contributed by atoms with Crippen LogP contribution in [0.1, 0.15) is 63.8 Å². The first-order chi connectivity index (χ1) is 17.9. The third-order valence-corrected chi connectivity index (χ3v) is 6.74. The summed E-state index contributed by atoms with van der Waals surface area (Å²) in [6, 6.07) is 29.0. The average molecular weight is 503 g/mol. The predicted molar refractivity (Wildman–Crippen MR) is 160 cm³/mol. The summed E-state index contributed by atoms with van der Waals surface area (Å²) in [6.45, 7) is 17.5. The molecule has 0 aliphatic carbocycles. The highest BCUT2D eigenvalue weighted by atomic mass is 15.1. The fraction of sp³-hybridized carbons (Fsp3) is 0.294. The molecule has 0 N–H and O–H groups in total. The van der Waals surface area contributed by atoms with Gasteiger partial charge in [0.15, 0.2) is 0 Å². The van der Waals surface area contributed by atoms with E-state index in [4.69, 9.17) is 0 Å². The minimum atomic E-state index is 0.125. The van der Waals surface area contributed by atoms with Crippen LogP contribution < -0.4 is 0 Å². The lowest BCUT2D eigenvalue weighted by molar-refractivity contribution is 0.590. The molecule has 0 atom stereocenters. The SMILES string of the molecule is Cc1cc(N=Nc2ccc(C(C)(C)C)cc2)ccc1-c1ccc(N=Nc2ccc(C(C)(C)C)cc2)cc1C. The number of nitrogens with zero attached hydrogens (tertiary/aromatic N) is 4. The molecule has 4 aromatic rings. The zero-order valence-corrected chi connectivity index (χ0v) is 23.9. The van der Waals surface area contributed by atoms with Gasteiger partial charge in [0.25, 0.3) is 0 Å². The molecule has 0 fully saturated rings. The van der Waals surface area contributed by atoms with E-state index in [0.717, 1.165) is 33.9 Å². The van der Waals surface area contributed by atoms with Crippen molar-refractivity contribution in [2.45, 2.75) is 66.2 Å². The molecule has 0 radical (unpaired) electrons. The van der Waals surface area contributed by atoms with Gasteiger partial charge in [0, 0.05) is 0 Å². The minimum absolute atomic E-state index is 0.125. The second-order valence-corrected chi connectivity index (χ2v) is 12.0. The van der Waals surface area contributed by atoms with E-state index in [2.05, 4.69) is 124 Å². The number of benzene rings is 4. The lowest BCUT2D eigenvalue weighted by atomic mass is 9.87. The van der Waals surface area contributed by atoms with Gasteiger partial charge in [-0.2, -0.15) is 20.5 Å². The van der Waals surface area contributed by atoms with Crippen molar-refractivity contribution >= 4 is 22.7 Å². The Bertz CT molecular complexity index is 1350. The number of aryl methyl sites for hydroxylation is 2. The summed E-state index contributed by atoms with van der Waals surface area (Å²) in [5.41, 5.74) is 10.9. The van der Waals surface area contributed by atoms with Crippen LogP contribution in [0.15, 0.2) is 105 Å². The van der Waals surface area contributed by atoms with E-state index in [1.54, 1.807) is 0 Å². The largest absolute Gasteiger partial charge is 0.151 e. The van der Waals surface area contributed by atoms with Gasteiger partial charge in [-0.15, -0.1) is 0 Å². The summed E-state index contributed by atoms with van der Waals surface area (Å²) in [5, 5.41) is 17.8. The lowest BCUT2D eigenvalue weighted by Crippen LogP contribution is -2.10. The van der Waals surface area contributed by atoms with Gasteiger partial charge in [-0.05, 0) is 107 Å². The van der Waals surface area contributed by atoms with Crippen molar-refractivity contribution < 1.29 is 0 Å². The highest BCUT2D eigenvalue weighted by Gasteiger charge is 2.14. The molecule has 38 heavy (non-hydrogen) atoms. The summed E-state index contributed by atoms with van der Waals surface area (Å²) in [5.74, 6) is 0. The molecule has 0 aliphatic rings. The Hall–Kier alpha value is -3.92. The van der Waals surface area contributed by atoms with Gasteiger partial charge in [0.2, 0.25) is 0 Å². The van der Waals surface area contributed by atoms with Crippen LogP contribution in [0.25, 0.3) is 11.1 Å². The molecule has 0 aliphatic heterocycles. The lowest BCUT2D eigenvalue weighted by Gasteiger charge is -2.18. The first-order valence-electron chi connectivity index (χ1n) is 13.2. The summed E-state index contributed by atoms with van der Waals surface area (Å²) in [6.07, 6.45) is 0. The number of rotatable bonds is 5. The molecule has 194 valence electrons. The van der Waals surface area contributed by atoms with Crippen LogP contribution in [-0.4, -0.2) is 0 Å². The van der Waals surface area contributed by atoms with Gasteiger partial charge < -0.3 is 0 Å². The smallest absolute Gasteiger partial charge is 0.0860 e. The molecule has 0 saturated heterocycles. The molecule has 4 nitrogen and oxygen atoms in total. The molecule has 4 aromatic carbocycles. The van der Waals surface area contributed by atoms with Crippen LogP contribution in [-0.2, 0) is 10.8 Å². The maximum atomic E-state index is 4.47. The summed E-state index contributed by atoms with van der Waals surface area (Å²) >= 11 is 0. The van der Waals surface area contributed by atoms with Crippen LogP contribution in [0.3, 0.4) is 0 Å². The highest BCUT2D eigenvalue weighted by Crippen LogP contribution is 2.33. The number of hydrogen-bond donors (Lipinski definition) is 0. The minimum Gasteiger partial charge on any atom is -0.151 e. The van der Waals surface area contributed by atoms with E-state index in [-0.39, 0.29) is 10.8 Å². The van der Waals surface area contributed by atoms with E-state index < -0.39 is 0 Å². The van der Waals surface area contributed by atoms with Crippen LogP contribution in [0.5, 0.6) is 0 Å². The zero-order chi connectivity index (χ0) is 27.5. The zero-order valence-electron chi connectivity index (χ0n) is 23.9. The molecule has 0 saturated carbocycles. The summed E-state index contributed by atoms with van der Waals surface area (Å²) in [7, 11) is 0. The quantitative estimate of drug-likeness (QED) is 0.244. The molecule has 0 bridgehead atoms. The topological polar surface area (TPSA) is 49.4 Å². The number of hydrogen-bond acceptors (Lipinski definition) is 4. The monoisotopic (exact) mass is 502 g/mol. The van der Waals surface area contributed by atoms with Gasteiger partial charge >= 0.3 is 0 Å². The first kappa shape index (κ1) is 27.1. The van der Waals surface area contributed by atoms with Crippen molar-refractivity contribution in [3.63, 3.8) is 0 Å². The molecule has 0 spiro atoms. The van der Waals surface area contributed by atoms with Crippen molar-refractivity contribution in [2.75, 3.05) is 0 Å². The second-order valence-electron chi connectivity index (χ2n) is 12.0. The van der Waals surface area contributed by atoms with Gasteiger partial charge in [-0.25, -0.2) is 0 Å².